The summed E-state index contributed by atoms with van der Waals surface area (Å²) in [6, 6.07) is 5.46. The van der Waals surface area contributed by atoms with Crippen LogP contribution in [0.2, 0.25) is 10.0 Å². The number of nitrogens with one attached hydrogen (secondary N) is 1. The lowest BCUT2D eigenvalue weighted by molar-refractivity contribution is -0.00910. The number of anilines is 1. The Hall–Kier alpha value is -0.440. The predicted molar refractivity (Wildman–Crippen MR) is 73.1 cm³/mol. The van der Waals surface area contributed by atoms with Crippen LogP contribution in [-0.2, 0) is 4.74 Å². The van der Waals surface area contributed by atoms with E-state index in [0.29, 0.717) is 10.0 Å². The van der Waals surface area contributed by atoms with Crippen molar-refractivity contribution < 1.29 is 4.74 Å². The van der Waals surface area contributed by atoms with Crippen LogP contribution < -0.4 is 5.32 Å². The highest BCUT2D eigenvalue weighted by atomic mass is 35.5. The molecule has 2 nitrogen and oxygen atoms in total. The maximum absolute atomic E-state index is 5.94. The van der Waals surface area contributed by atoms with Gasteiger partial charge in [-0.05, 0) is 44.9 Å². The van der Waals surface area contributed by atoms with Gasteiger partial charge >= 0.3 is 0 Å². The topological polar surface area (TPSA) is 21.3 Å². The smallest absolute Gasteiger partial charge is 0.0755 e. The summed E-state index contributed by atoms with van der Waals surface area (Å²) in [6.07, 6.45) is 2.46. The normalized spacial score (nSPS) is 22.7. The third-order valence-electron chi connectivity index (χ3n) is 2.95. The van der Waals surface area contributed by atoms with Gasteiger partial charge in [-0.3, -0.25) is 0 Å². The second-order valence-corrected chi connectivity index (χ2v) is 5.95. The number of ether oxygens (including phenoxy) is 1. The minimum atomic E-state index is 0.0122. The maximum atomic E-state index is 5.94. The minimum Gasteiger partial charge on any atom is -0.382 e. The van der Waals surface area contributed by atoms with Gasteiger partial charge in [0.25, 0.3) is 0 Å². The Morgan fingerprint density at radius 3 is 2.47 bits per heavy atom. The predicted octanol–water partition coefficient (Wildman–Crippen LogP) is 4.36. The molecule has 1 heterocycles. The van der Waals surface area contributed by atoms with E-state index in [1.807, 2.05) is 12.1 Å². The zero-order chi connectivity index (χ0) is 12.5. The molecule has 0 spiro atoms. The number of halogens is 2. The number of hydrogen-bond donors (Lipinski definition) is 1. The van der Waals surface area contributed by atoms with Crippen molar-refractivity contribution in [2.24, 2.45) is 0 Å². The SMILES string of the molecule is CC1(C)CCC(CNc2cc(Cl)cc(Cl)c2)O1. The molecule has 0 aliphatic carbocycles. The van der Waals surface area contributed by atoms with Gasteiger partial charge in [0.15, 0.2) is 0 Å². The van der Waals surface area contributed by atoms with Crippen LogP contribution in [0.1, 0.15) is 26.7 Å². The molecule has 0 aromatic heterocycles. The Morgan fingerprint density at radius 2 is 1.94 bits per heavy atom. The van der Waals surface area contributed by atoms with E-state index in [-0.39, 0.29) is 11.7 Å². The fourth-order valence-corrected chi connectivity index (χ4v) is 2.63. The summed E-state index contributed by atoms with van der Waals surface area (Å²) in [5, 5.41) is 4.60. The molecule has 0 amide bonds. The maximum Gasteiger partial charge on any atom is 0.0755 e. The van der Waals surface area contributed by atoms with Gasteiger partial charge in [-0.1, -0.05) is 23.2 Å². The molecule has 0 saturated carbocycles. The van der Waals surface area contributed by atoms with Gasteiger partial charge in [-0.2, -0.15) is 0 Å². The zero-order valence-electron chi connectivity index (χ0n) is 10.1. The van der Waals surface area contributed by atoms with Crippen LogP contribution in [0.25, 0.3) is 0 Å². The average molecular weight is 274 g/mol. The van der Waals surface area contributed by atoms with Crippen molar-refractivity contribution in [2.75, 3.05) is 11.9 Å². The lowest BCUT2D eigenvalue weighted by Gasteiger charge is -2.19. The van der Waals surface area contributed by atoms with Crippen molar-refractivity contribution in [3.63, 3.8) is 0 Å². The van der Waals surface area contributed by atoms with E-state index < -0.39 is 0 Å². The highest BCUT2D eigenvalue weighted by molar-refractivity contribution is 6.35. The standard InChI is InChI=1S/C13H17Cl2NO/c1-13(2)4-3-12(17-13)8-16-11-6-9(14)5-10(15)7-11/h5-7,12,16H,3-4,8H2,1-2H3. The second kappa shape index (κ2) is 5.05. The van der Waals surface area contributed by atoms with Gasteiger partial charge in [0, 0.05) is 22.3 Å². The third kappa shape index (κ3) is 3.77. The fourth-order valence-electron chi connectivity index (χ4n) is 2.11. The summed E-state index contributed by atoms with van der Waals surface area (Å²) in [5.74, 6) is 0. The molecule has 1 aliphatic rings. The molecule has 1 aliphatic heterocycles. The van der Waals surface area contributed by atoms with Crippen molar-refractivity contribution >= 4 is 28.9 Å². The first-order valence-corrected chi connectivity index (χ1v) is 6.58. The molecule has 1 saturated heterocycles. The number of benzene rings is 1. The summed E-state index contributed by atoms with van der Waals surface area (Å²) in [7, 11) is 0. The Balaban J connectivity index is 1.90. The molecule has 94 valence electrons. The first-order chi connectivity index (χ1) is 7.94. The molecule has 1 fully saturated rings. The fraction of sp³-hybridized carbons (Fsp3) is 0.538. The van der Waals surface area contributed by atoms with Crippen LogP contribution >= 0.6 is 23.2 Å². The van der Waals surface area contributed by atoms with E-state index in [9.17, 15) is 0 Å². The van der Waals surface area contributed by atoms with Crippen LogP contribution in [0.3, 0.4) is 0 Å². The summed E-state index contributed by atoms with van der Waals surface area (Å²) in [5.41, 5.74) is 0.953. The quantitative estimate of drug-likeness (QED) is 0.884. The molecule has 1 atom stereocenters. The molecule has 0 radical (unpaired) electrons. The molecule has 1 aromatic carbocycles. The highest BCUT2D eigenvalue weighted by Gasteiger charge is 2.31. The number of hydrogen-bond acceptors (Lipinski definition) is 2. The summed E-state index contributed by atoms with van der Waals surface area (Å²) in [6.45, 7) is 5.05. The van der Waals surface area contributed by atoms with Gasteiger partial charge in [-0.15, -0.1) is 0 Å². The van der Waals surface area contributed by atoms with Crippen LogP contribution in [0.15, 0.2) is 18.2 Å². The highest BCUT2D eigenvalue weighted by Crippen LogP contribution is 2.30. The average Bonchev–Trinajstić information content (AvgIpc) is 2.54. The Bertz CT molecular complexity index is 386. The van der Waals surface area contributed by atoms with Crippen molar-refractivity contribution in [3.05, 3.63) is 28.2 Å². The van der Waals surface area contributed by atoms with Crippen molar-refractivity contribution in [3.8, 4) is 0 Å². The Kier molecular flexibility index (Phi) is 3.86. The molecule has 1 aromatic rings. The summed E-state index contributed by atoms with van der Waals surface area (Å²) < 4.78 is 5.90. The second-order valence-electron chi connectivity index (χ2n) is 5.08. The molecule has 0 bridgehead atoms. The van der Waals surface area contributed by atoms with Crippen LogP contribution in [0.4, 0.5) is 5.69 Å². The van der Waals surface area contributed by atoms with Crippen molar-refractivity contribution in [1.82, 2.24) is 0 Å². The van der Waals surface area contributed by atoms with E-state index >= 15 is 0 Å². The van der Waals surface area contributed by atoms with Crippen LogP contribution in [0, 0.1) is 0 Å². The van der Waals surface area contributed by atoms with Gasteiger partial charge in [0.05, 0.1) is 11.7 Å². The lowest BCUT2D eigenvalue weighted by Crippen LogP contribution is -2.24. The summed E-state index contributed by atoms with van der Waals surface area (Å²) >= 11 is 11.9. The Labute approximate surface area is 112 Å². The van der Waals surface area contributed by atoms with Gasteiger partial charge in [0.2, 0.25) is 0 Å². The lowest BCUT2D eigenvalue weighted by atomic mass is 10.1. The van der Waals surface area contributed by atoms with Gasteiger partial charge in [0.1, 0.15) is 0 Å². The third-order valence-corrected chi connectivity index (χ3v) is 3.39. The molecule has 1 N–H and O–H groups in total. The van der Waals surface area contributed by atoms with E-state index in [1.54, 1.807) is 6.07 Å². The monoisotopic (exact) mass is 273 g/mol. The molecule has 4 heteroatoms. The Morgan fingerprint density at radius 1 is 1.29 bits per heavy atom. The first-order valence-electron chi connectivity index (χ1n) is 5.82. The van der Waals surface area contributed by atoms with Gasteiger partial charge < -0.3 is 10.1 Å². The molecule has 1 unspecified atom stereocenters. The molecule has 17 heavy (non-hydrogen) atoms. The van der Waals surface area contributed by atoms with E-state index in [0.717, 1.165) is 25.1 Å². The summed E-state index contributed by atoms with van der Waals surface area (Å²) in [4.78, 5) is 0. The minimum absolute atomic E-state index is 0.0122. The van der Waals surface area contributed by atoms with Crippen LogP contribution in [0.5, 0.6) is 0 Å². The van der Waals surface area contributed by atoms with E-state index in [2.05, 4.69) is 19.2 Å². The van der Waals surface area contributed by atoms with Gasteiger partial charge in [-0.25, -0.2) is 0 Å². The van der Waals surface area contributed by atoms with Crippen LogP contribution in [-0.4, -0.2) is 18.2 Å². The van der Waals surface area contributed by atoms with E-state index in [4.69, 9.17) is 27.9 Å². The zero-order valence-corrected chi connectivity index (χ0v) is 11.6. The number of rotatable bonds is 3. The molecule has 2 rings (SSSR count). The largest absolute Gasteiger partial charge is 0.382 e. The van der Waals surface area contributed by atoms with Crippen molar-refractivity contribution in [2.45, 2.75) is 38.4 Å². The van der Waals surface area contributed by atoms with Crippen molar-refractivity contribution in [1.29, 1.82) is 0 Å². The first kappa shape index (κ1) is 13.0. The molecular weight excluding hydrogens is 257 g/mol. The van der Waals surface area contributed by atoms with E-state index in [1.165, 1.54) is 0 Å². The molecular formula is C13H17Cl2NO.